The van der Waals surface area contributed by atoms with Crippen molar-refractivity contribution in [1.82, 2.24) is 14.1 Å². The van der Waals surface area contributed by atoms with E-state index in [9.17, 15) is 13.2 Å². The van der Waals surface area contributed by atoms with Crippen LogP contribution in [0.3, 0.4) is 0 Å². The van der Waals surface area contributed by atoms with Gasteiger partial charge in [0, 0.05) is 44.7 Å². The zero-order valence-corrected chi connectivity index (χ0v) is 25.7. The number of hydrogen-bond acceptors (Lipinski definition) is 6. The molecule has 1 aromatic heterocycles. The lowest BCUT2D eigenvalue weighted by molar-refractivity contribution is 0.0647. The van der Waals surface area contributed by atoms with E-state index in [0.29, 0.717) is 18.0 Å². The van der Waals surface area contributed by atoms with Crippen LogP contribution in [0.1, 0.15) is 37.3 Å². The van der Waals surface area contributed by atoms with Crippen molar-refractivity contribution < 1.29 is 17.9 Å². The molecule has 1 saturated heterocycles. The van der Waals surface area contributed by atoms with Crippen LogP contribution in [0.4, 0.5) is 4.79 Å². The fraction of sp³-hybridized carbons (Fsp3) is 0.406. The van der Waals surface area contributed by atoms with Crippen molar-refractivity contribution in [2.45, 2.75) is 49.1 Å². The zero-order chi connectivity index (χ0) is 29.3. The molecule has 7 nitrogen and oxygen atoms in total. The minimum atomic E-state index is -3.59. The van der Waals surface area contributed by atoms with E-state index in [4.69, 9.17) is 4.74 Å². The smallest absolute Gasteiger partial charge is 0.410 e. The Balaban J connectivity index is 1.35. The number of likely N-dealkylation sites (N-methyl/N-ethyl adjacent to an activating group) is 1. The Hall–Kier alpha value is -2.98. The van der Waals surface area contributed by atoms with Gasteiger partial charge in [-0.15, -0.1) is 6.58 Å². The zero-order valence-electron chi connectivity index (χ0n) is 24.0. The molecule has 4 rings (SSSR count). The third-order valence-electron chi connectivity index (χ3n) is 7.98. The van der Waals surface area contributed by atoms with Gasteiger partial charge in [-0.05, 0) is 65.9 Å². The number of sulfonamides is 1. The van der Waals surface area contributed by atoms with Gasteiger partial charge in [-0.2, -0.15) is 11.3 Å². The summed E-state index contributed by atoms with van der Waals surface area (Å²) in [6.45, 7) is 9.67. The number of likely N-dealkylation sites (tertiary alicyclic amines) is 1. The average Bonchev–Trinajstić information content (AvgIpc) is 3.55. The number of carbonyl (C=O) groups is 1. The second-order valence-electron chi connectivity index (χ2n) is 11.0. The number of thiophene rings is 1. The van der Waals surface area contributed by atoms with Gasteiger partial charge in [0.1, 0.15) is 6.61 Å². The normalized spacial score (nSPS) is 16.3. The summed E-state index contributed by atoms with van der Waals surface area (Å²) in [6, 6.07) is 20.5. The van der Waals surface area contributed by atoms with Crippen molar-refractivity contribution in [3.8, 4) is 0 Å². The minimum absolute atomic E-state index is 0.0953. The number of ether oxygens (including phenoxy) is 1. The molecule has 0 saturated carbocycles. The highest BCUT2D eigenvalue weighted by Crippen LogP contribution is 2.33. The van der Waals surface area contributed by atoms with Crippen molar-refractivity contribution in [2.24, 2.45) is 0 Å². The lowest BCUT2D eigenvalue weighted by atomic mass is 9.80. The van der Waals surface area contributed by atoms with E-state index in [0.717, 1.165) is 50.0 Å². The first-order valence-corrected chi connectivity index (χ1v) is 16.5. The molecule has 3 aromatic rings. The van der Waals surface area contributed by atoms with E-state index in [-0.39, 0.29) is 24.2 Å². The van der Waals surface area contributed by atoms with Crippen molar-refractivity contribution in [3.63, 3.8) is 0 Å². The van der Waals surface area contributed by atoms with Crippen LogP contribution in [-0.2, 0) is 26.8 Å². The first kappa shape index (κ1) is 31.0. The summed E-state index contributed by atoms with van der Waals surface area (Å²) >= 11 is 1.63. The summed E-state index contributed by atoms with van der Waals surface area (Å²) in [4.78, 5) is 17.5. The molecule has 0 spiro atoms. The topological polar surface area (TPSA) is 70.2 Å². The van der Waals surface area contributed by atoms with E-state index >= 15 is 0 Å². The van der Waals surface area contributed by atoms with Crippen molar-refractivity contribution in [3.05, 3.63) is 101 Å². The fourth-order valence-corrected chi connectivity index (χ4v) is 7.57. The first-order chi connectivity index (χ1) is 19.7. The highest BCUT2D eigenvalue weighted by Gasteiger charge is 2.35. The molecule has 1 fully saturated rings. The van der Waals surface area contributed by atoms with E-state index in [2.05, 4.69) is 35.2 Å². The van der Waals surface area contributed by atoms with Gasteiger partial charge in [-0.3, -0.25) is 0 Å². The highest BCUT2D eigenvalue weighted by atomic mass is 32.2. The molecule has 2 heterocycles. The summed E-state index contributed by atoms with van der Waals surface area (Å²) in [6.07, 6.45) is 3.97. The van der Waals surface area contributed by atoms with Gasteiger partial charge in [-0.1, -0.05) is 61.5 Å². The molecule has 0 N–H and O–H groups in total. The van der Waals surface area contributed by atoms with Crippen LogP contribution >= 0.6 is 11.3 Å². The van der Waals surface area contributed by atoms with E-state index in [1.54, 1.807) is 53.6 Å². The predicted octanol–water partition coefficient (Wildman–Crippen LogP) is 6.01. The number of amides is 1. The fourth-order valence-electron chi connectivity index (χ4n) is 5.44. The van der Waals surface area contributed by atoms with Crippen LogP contribution in [0, 0.1) is 0 Å². The molecule has 220 valence electrons. The number of carbonyl (C=O) groups excluding carboxylic acids is 1. The molecule has 1 aliphatic rings. The van der Waals surface area contributed by atoms with Gasteiger partial charge < -0.3 is 14.5 Å². The monoisotopic (exact) mass is 595 g/mol. The summed E-state index contributed by atoms with van der Waals surface area (Å²) in [5, 5.41) is 4.18. The van der Waals surface area contributed by atoms with Gasteiger partial charge in [0.05, 0.1) is 4.90 Å². The van der Waals surface area contributed by atoms with E-state index < -0.39 is 10.0 Å². The van der Waals surface area contributed by atoms with Gasteiger partial charge in [0.15, 0.2) is 0 Å². The molecule has 1 amide bonds. The lowest BCUT2D eigenvalue weighted by Crippen LogP contribution is -2.48. The van der Waals surface area contributed by atoms with Crippen LogP contribution in [-0.4, -0.2) is 74.4 Å². The third kappa shape index (κ3) is 8.07. The Morgan fingerprint density at radius 2 is 1.76 bits per heavy atom. The van der Waals surface area contributed by atoms with Crippen molar-refractivity contribution in [1.29, 1.82) is 0 Å². The maximum Gasteiger partial charge on any atom is 0.410 e. The van der Waals surface area contributed by atoms with Crippen LogP contribution < -0.4 is 0 Å². The molecular weight excluding hydrogens is 555 g/mol. The summed E-state index contributed by atoms with van der Waals surface area (Å²) in [5.74, 6) is 0. The standard InChI is InChI=1S/C32H41N3O4S2/c1-4-19-35(31(36)39-24-27-11-7-5-8-12-27)29-15-20-34(21-16-29)22-18-32(2,28-17-23-40-25-28)26-33(3)41(37,38)30-13-9-6-10-14-30/h4-14,17,23,25,29H,1,15-16,18-22,24,26H2,2-3H3. The van der Waals surface area contributed by atoms with Crippen LogP contribution in [0.15, 0.2) is 95.0 Å². The summed E-state index contributed by atoms with van der Waals surface area (Å²) < 4.78 is 33.7. The van der Waals surface area contributed by atoms with Gasteiger partial charge in [0.25, 0.3) is 0 Å². The molecule has 9 heteroatoms. The average molecular weight is 596 g/mol. The second-order valence-corrected chi connectivity index (χ2v) is 13.8. The minimum Gasteiger partial charge on any atom is -0.445 e. The Kier molecular flexibility index (Phi) is 10.8. The number of hydrogen-bond donors (Lipinski definition) is 0. The molecule has 0 aliphatic carbocycles. The summed E-state index contributed by atoms with van der Waals surface area (Å²) in [5.41, 5.74) is 1.78. The number of nitrogens with zero attached hydrogens (tertiary/aromatic N) is 3. The third-order valence-corrected chi connectivity index (χ3v) is 10.5. The molecular formula is C32H41N3O4S2. The quantitative estimate of drug-likeness (QED) is 0.227. The molecule has 1 unspecified atom stereocenters. The van der Waals surface area contributed by atoms with E-state index in [1.165, 1.54) is 4.31 Å². The maximum absolute atomic E-state index is 13.3. The van der Waals surface area contributed by atoms with Crippen molar-refractivity contribution in [2.75, 3.05) is 39.8 Å². The van der Waals surface area contributed by atoms with Crippen LogP contribution in [0.2, 0.25) is 0 Å². The Bertz CT molecular complexity index is 1340. The maximum atomic E-state index is 13.3. The van der Waals surface area contributed by atoms with Crippen LogP contribution in [0.5, 0.6) is 0 Å². The number of piperidine rings is 1. The lowest BCUT2D eigenvalue weighted by Gasteiger charge is -2.39. The number of rotatable bonds is 13. The Morgan fingerprint density at radius 3 is 2.37 bits per heavy atom. The SMILES string of the molecule is C=CCN(C(=O)OCc1ccccc1)C1CCN(CCC(C)(CN(C)S(=O)(=O)c2ccccc2)c2ccsc2)CC1. The Labute approximate surface area is 249 Å². The van der Waals surface area contributed by atoms with Crippen LogP contribution in [0.25, 0.3) is 0 Å². The Morgan fingerprint density at radius 1 is 1.10 bits per heavy atom. The molecule has 0 bridgehead atoms. The molecule has 1 aliphatic heterocycles. The molecule has 0 radical (unpaired) electrons. The molecule has 2 aromatic carbocycles. The van der Waals surface area contributed by atoms with Gasteiger partial charge in [0.2, 0.25) is 10.0 Å². The second kappa shape index (κ2) is 14.3. The predicted molar refractivity (Wildman–Crippen MR) is 166 cm³/mol. The molecule has 1 atom stereocenters. The van der Waals surface area contributed by atoms with Crippen molar-refractivity contribution >= 4 is 27.5 Å². The van der Waals surface area contributed by atoms with Gasteiger partial charge >= 0.3 is 6.09 Å². The van der Waals surface area contributed by atoms with E-state index in [1.807, 2.05) is 36.4 Å². The largest absolute Gasteiger partial charge is 0.445 e. The van der Waals surface area contributed by atoms with Gasteiger partial charge in [-0.25, -0.2) is 17.5 Å². The molecule has 41 heavy (non-hydrogen) atoms. The summed E-state index contributed by atoms with van der Waals surface area (Å²) in [7, 11) is -1.92. The first-order valence-electron chi connectivity index (χ1n) is 14.1. The number of benzene rings is 2. The highest BCUT2D eigenvalue weighted by molar-refractivity contribution is 7.89.